The van der Waals surface area contributed by atoms with Crippen LogP contribution < -0.4 is 0 Å². The predicted octanol–water partition coefficient (Wildman–Crippen LogP) is 15.9. The molecule has 16 aromatic rings. The van der Waals surface area contributed by atoms with Crippen molar-refractivity contribution in [1.82, 2.24) is 48.2 Å². The van der Waals surface area contributed by atoms with Crippen LogP contribution in [0.5, 0.6) is 0 Å². The van der Waals surface area contributed by atoms with E-state index in [9.17, 15) is 0 Å². The normalized spacial score (nSPS) is 12.7. The van der Waals surface area contributed by atoms with E-state index < -0.39 is 0 Å². The standard InChI is InChI=1S/C68H42N10/c1-3-19-43-39-45(35-33-41(43)17-1)63-69-64(46-36-34-42-18-2-4-20-44(42)40-46)71-65(70-63)78-58-31-15-9-25-51(58)52-37-38-60-61(62(52)78)53-26-10-16-32-59(53)77(60)68-73-66(75-54-27-11-5-21-47(54)48-22-6-12-28-55(48)75)72-67(74-68)76-56-29-13-7-23-49(56)50-24-8-14-30-57(50)76/h1-15,17-31,33-40H,16,32H2. The zero-order valence-corrected chi connectivity index (χ0v) is 41.8. The second-order valence-electron chi connectivity index (χ2n) is 20.2. The van der Waals surface area contributed by atoms with Crippen LogP contribution in [-0.4, -0.2) is 48.2 Å². The van der Waals surface area contributed by atoms with Gasteiger partial charge in [0, 0.05) is 60.1 Å². The highest BCUT2D eigenvalue weighted by Crippen LogP contribution is 2.43. The molecule has 10 nitrogen and oxygen atoms in total. The molecule has 0 fully saturated rings. The van der Waals surface area contributed by atoms with E-state index in [1.54, 1.807) is 0 Å². The summed E-state index contributed by atoms with van der Waals surface area (Å²) in [4.78, 5) is 33.0. The maximum absolute atomic E-state index is 5.61. The van der Waals surface area contributed by atoms with Crippen LogP contribution >= 0.6 is 0 Å². The van der Waals surface area contributed by atoms with E-state index in [-0.39, 0.29) is 0 Å². The number of rotatable bonds is 6. The summed E-state index contributed by atoms with van der Waals surface area (Å²) in [6.07, 6.45) is 6.21. The third-order valence-corrected chi connectivity index (χ3v) is 15.9. The van der Waals surface area contributed by atoms with Gasteiger partial charge < -0.3 is 0 Å². The zero-order chi connectivity index (χ0) is 51.0. The number of aromatic nitrogens is 10. The molecular weight excluding hydrogens is 957 g/mol. The summed E-state index contributed by atoms with van der Waals surface area (Å²) < 4.78 is 8.95. The highest BCUT2D eigenvalue weighted by molar-refractivity contribution is 6.21. The van der Waals surface area contributed by atoms with Crippen LogP contribution in [0.4, 0.5) is 0 Å². The van der Waals surface area contributed by atoms with Gasteiger partial charge in [0.1, 0.15) is 0 Å². The van der Waals surface area contributed by atoms with Crippen LogP contribution in [0.3, 0.4) is 0 Å². The lowest BCUT2D eigenvalue weighted by atomic mass is 10.0. The molecule has 0 saturated carbocycles. The zero-order valence-electron chi connectivity index (χ0n) is 41.8. The first kappa shape index (κ1) is 42.7. The van der Waals surface area contributed by atoms with Gasteiger partial charge in [0.25, 0.3) is 0 Å². The fourth-order valence-corrected chi connectivity index (χ4v) is 12.5. The van der Waals surface area contributed by atoms with E-state index in [0.717, 1.165) is 133 Å². The molecule has 1 aliphatic carbocycles. The molecule has 364 valence electrons. The van der Waals surface area contributed by atoms with E-state index in [1.807, 2.05) is 0 Å². The van der Waals surface area contributed by atoms with E-state index in [4.69, 9.17) is 29.9 Å². The summed E-state index contributed by atoms with van der Waals surface area (Å²) in [5.74, 6) is 3.29. The molecule has 0 aliphatic heterocycles. The quantitative estimate of drug-likeness (QED) is 0.165. The number of nitrogens with zero attached hydrogens (tertiary/aromatic N) is 10. The van der Waals surface area contributed by atoms with Gasteiger partial charge >= 0.3 is 0 Å². The van der Waals surface area contributed by atoms with Gasteiger partial charge in [-0.15, -0.1) is 0 Å². The molecular formula is C68H42N10. The molecule has 78 heavy (non-hydrogen) atoms. The van der Waals surface area contributed by atoms with Crippen molar-refractivity contribution in [3.63, 3.8) is 0 Å². The van der Waals surface area contributed by atoms with Crippen molar-refractivity contribution in [3.8, 4) is 46.6 Å². The SMILES string of the molecule is C1=Cc2c(n(-c3nc(-n4c5ccccc5c5ccccc54)nc(-n4c5ccccc5c5ccccc54)n3)c3ccc4c5ccccc5n(-c5nc(-c6ccc7ccccc7c6)nc(-c6ccc7ccccc7c6)n5)c4c23)CC1. The van der Waals surface area contributed by atoms with Crippen LogP contribution in [0.1, 0.15) is 17.7 Å². The van der Waals surface area contributed by atoms with E-state index in [2.05, 4.69) is 249 Å². The van der Waals surface area contributed by atoms with Gasteiger partial charge in [-0.3, -0.25) is 18.3 Å². The van der Waals surface area contributed by atoms with Crippen LogP contribution in [0, 0.1) is 0 Å². The Morgan fingerprint density at radius 2 is 0.718 bits per heavy atom. The van der Waals surface area contributed by atoms with Crippen molar-refractivity contribution < 1.29 is 0 Å². The summed E-state index contributed by atoms with van der Waals surface area (Å²) in [7, 11) is 0. The first-order chi connectivity index (χ1) is 38.7. The summed E-state index contributed by atoms with van der Waals surface area (Å²) in [5.41, 5.74) is 11.1. The Kier molecular flexibility index (Phi) is 9.02. The largest absolute Gasteiger partial charge is 0.281 e. The van der Waals surface area contributed by atoms with Crippen molar-refractivity contribution in [2.45, 2.75) is 12.8 Å². The molecule has 6 aromatic heterocycles. The van der Waals surface area contributed by atoms with Crippen molar-refractivity contribution in [2.24, 2.45) is 0 Å². The van der Waals surface area contributed by atoms with Gasteiger partial charge in [-0.1, -0.05) is 182 Å². The third kappa shape index (κ3) is 6.25. The number of hydrogen-bond acceptors (Lipinski definition) is 6. The molecule has 0 bridgehead atoms. The average molecular weight is 999 g/mol. The van der Waals surface area contributed by atoms with E-state index >= 15 is 0 Å². The van der Waals surface area contributed by atoms with Gasteiger partial charge in [0.05, 0.1) is 38.6 Å². The third-order valence-electron chi connectivity index (χ3n) is 15.9. The van der Waals surface area contributed by atoms with Crippen LogP contribution in [0.25, 0.3) is 151 Å². The molecule has 0 amide bonds. The Morgan fingerprint density at radius 1 is 0.308 bits per heavy atom. The van der Waals surface area contributed by atoms with Crippen molar-refractivity contribution in [1.29, 1.82) is 0 Å². The second kappa shape index (κ2) is 16.5. The molecule has 10 aromatic carbocycles. The Labute approximate surface area is 445 Å². The van der Waals surface area contributed by atoms with Gasteiger partial charge in [0.15, 0.2) is 11.6 Å². The molecule has 1 aliphatic rings. The Balaban J connectivity index is 0.974. The molecule has 0 saturated heterocycles. The number of benzene rings is 10. The van der Waals surface area contributed by atoms with Crippen LogP contribution in [0.2, 0.25) is 0 Å². The summed E-state index contributed by atoms with van der Waals surface area (Å²) in [5, 5.41) is 12.3. The first-order valence-corrected chi connectivity index (χ1v) is 26.4. The molecule has 0 atom stereocenters. The molecule has 6 heterocycles. The second-order valence-corrected chi connectivity index (χ2v) is 20.2. The fraction of sp³-hybridized carbons (Fsp3) is 0.0294. The minimum atomic E-state index is 0.527. The summed E-state index contributed by atoms with van der Waals surface area (Å²) >= 11 is 0. The van der Waals surface area contributed by atoms with Gasteiger partial charge in [-0.25, -0.2) is 4.98 Å². The van der Waals surface area contributed by atoms with E-state index in [0.29, 0.717) is 35.4 Å². The first-order valence-electron chi connectivity index (χ1n) is 26.4. The summed E-state index contributed by atoms with van der Waals surface area (Å²) in [6.45, 7) is 0. The van der Waals surface area contributed by atoms with Crippen molar-refractivity contribution >= 4 is 104 Å². The lowest BCUT2D eigenvalue weighted by Crippen LogP contribution is -2.15. The molecule has 0 unspecified atom stereocenters. The molecule has 0 spiro atoms. The van der Waals surface area contributed by atoms with Crippen molar-refractivity contribution in [3.05, 3.63) is 236 Å². The maximum Gasteiger partial charge on any atom is 0.241 e. The Hall–Kier alpha value is -10.6. The smallest absolute Gasteiger partial charge is 0.241 e. The minimum Gasteiger partial charge on any atom is -0.281 e. The number of hydrogen-bond donors (Lipinski definition) is 0. The lowest BCUT2D eigenvalue weighted by molar-refractivity contribution is 0.801. The highest BCUT2D eigenvalue weighted by atomic mass is 15.3. The van der Waals surface area contributed by atoms with Gasteiger partial charge in [-0.2, -0.15) is 24.9 Å². The topological polar surface area (TPSA) is 97.1 Å². The van der Waals surface area contributed by atoms with Gasteiger partial charge in [0.2, 0.25) is 23.8 Å². The molecule has 0 radical (unpaired) electrons. The van der Waals surface area contributed by atoms with Crippen LogP contribution in [0.15, 0.2) is 224 Å². The van der Waals surface area contributed by atoms with Crippen molar-refractivity contribution in [2.75, 3.05) is 0 Å². The predicted molar refractivity (Wildman–Crippen MR) is 316 cm³/mol. The number of allylic oxidation sites excluding steroid dienone is 1. The molecule has 0 N–H and O–H groups in total. The summed E-state index contributed by atoms with van der Waals surface area (Å²) in [6, 6.07) is 76.9. The Morgan fingerprint density at radius 3 is 1.22 bits per heavy atom. The molecule has 17 rings (SSSR count). The highest BCUT2D eigenvalue weighted by Gasteiger charge is 2.29. The lowest BCUT2D eigenvalue weighted by Gasteiger charge is -2.15. The van der Waals surface area contributed by atoms with Crippen LogP contribution in [-0.2, 0) is 6.42 Å². The van der Waals surface area contributed by atoms with E-state index in [1.165, 1.54) is 0 Å². The fourth-order valence-electron chi connectivity index (χ4n) is 12.5. The average Bonchev–Trinajstić information content (AvgIpc) is 4.41. The maximum atomic E-state index is 5.61. The number of fused-ring (bicyclic) bond motifs is 15. The minimum absolute atomic E-state index is 0.527. The number of para-hydroxylation sites is 5. The Bertz CT molecular complexity index is 4910. The molecule has 10 heteroatoms. The van der Waals surface area contributed by atoms with Gasteiger partial charge in [-0.05, 0) is 82.9 Å². The monoisotopic (exact) mass is 998 g/mol.